The quantitative estimate of drug-likeness (QED) is 0.870. The van der Waals surface area contributed by atoms with Crippen molar-refractivity contribution < 1.29 is 9.50 Å². The van der Waals surface area contributed by atoms with E-state index in [1.165, 1.54) is 18.9 Å². The molecule has 94 valence electrons. The van der Waals surface area contributed by atoms with Crippen molar-refractivity contribution in [3.8, 4) is 5.75 Å². The lowest BCUT2D eigenvalue weighted by Gasteiger charge is -2.30. The summed E-state index contributed by atoms with van der Waals surface area (Å²) in [4.78, 5) is 2.37. The van der Waals surface area contributed by atoms with Crippen LogP contribution in [0.15, 0.2) is 18.2 Å². The van der Waals surface area contributed by atoms with Crippen molar-refractivity contribution in [3.05, 3.63) is 29.6 Å². The Balaban J connectivity index is 2.21. The minimum Gasteiger partial charge on any atom is -0.508 e. The van der Waals surface area contributed by atoms with E-state index in [4.69, 9.17) is 0 Å². The molecule has 17 heavy (non-hydrogen) atoms. The van der Waals surface area contributed by atoms with Gasteiger partial charge >= 0.3 is 0 Å². The van der Waals surface area contributed by atoms with E-state index in [0.29, 0.717) is 11.6 Å². The SMILES string of the molecule is CCC1CCCN1C(C)c1ccc(O)cc1F. The van der Waals surface area contributed by atoms with E-state index in [0.717, 1.165) is 13.0 Å². The Kier molecular flexibility index (Phi) is 3.67. The number of halogens is 1. The maximum absolute atomic E-state index is 13.8. The Morgan fingerprint density at radius 1 is 1.53 bits per heavy atom. The molecule has 1 fully saturated rings. The molecule has 0 saturated carbocycles. The summed E-state index contributed by atoms with van der Waals surface area (Å²) in [5.74, 6) is -0.314. The summed E-state index contributed by atoms with van der Waals surface area (Å²) in [6.45, 7) is 5.27. The van der Waals surface area contributed by atoms with Gasteiger partial charge in [-0.3, -0.25) is 4.90 Å². The summed E-state index contributed by atoms with van der Waals surface area (Å²) in [6.07, 6.45) is 3.52. The van der Waals surface area contributed by atoms with E-state index in [1.807, 2.05) is 6.92 Å². The van der Waals surface area contributed by atoms with Crippen LogP contribution in [0, 0.1) is 5.82 Å². The molecule has 0 amide bonds. The summed E-state index contributed by atoms with van der Waals surface area (Å²) < 4.78 is 13.8. The Morgan fingerprint density at radius 3 is 2.94 bits per heavy atom. The van der Waals surface area contributed by atoms with Crippen LogP contribution in [0.25, 0.3) is 0 Å². The van der Waals surface area contributed by atoms with Crippen LogP contribution < -0.4 is 0 Å². The Bertz CT molecular complexity index is 394. The maximum atomic E-state index is 13.8. The molecule has 1 N–H and O–H groups in total. The zero-order chi connectivity index (χ0) is 12.4. The number of benzene rings is 1. The fraction of sp³-hybridized carbons (Fsp3) is 0.571. The average molecular weight is 237 g/mol. The number of hydrogen-bond donors (Lipinski definition) is 1. The first-order chi connectivity index (χ1) is 8.13. The van der Waals surface area contributed by atoms with Gasteiger partial charge in [0.25, 0.3) is 0 Å². The third-order valence-corrected chi connectivity index (χ3v) is 3.83. The van der Waals surface area contributed by atoms with Crippen molar-refractivity contribution in [2.45, 2.75) is 45.2 Å². The molecule has 1 heterocycles. The molecule has 1 saturated heterocycles. The molecule has 2 atom stereocenters. The van der Waals surface area contributed by atoms with E-state index in [2.05, 4.69) is 11.8 Å². The molecule has 1 aromatic carbocycles. The lowest BCUT2D eigenvalue weighted by molar-refractivity contribution is 0.185. The van der Waals surface area contributed by atoms with Gasteiger partial charge in [-0.05, 0) is 38.8 Å². The molecular formula is C14H20FNO. The molecule has 0 aliphatic carbocycles. The van der Waals surface area contributed by atoms with Gasteiger partial charge in [-0.15, -0.1) is 0 Å². The molecule has 1 aromatic rings. The average Bonchev–Trinajstić information content (AvgIpc) is 2.76. The second kappa shape index (κ2) is 5.05. The molecule has 1 aliphatic rings. The molecule has 2 unspecified atom stereocenters. The summed E-state index contributed by atoms with van der Waals surface area (Å²) in [5.41, 5.74) is 0.683. The van der Waals surface area contributed by atoms with E-state index in [1.54, 1.807) is 12.1 Å². The fourth-order valence-corrected chi connectivity index (χ4v) is 2.84. The highest BCUT2D eigenvalue weighted by Gasteiger charge is 2.29. The van der Waals surface area contributed by atoms with Crippen molar-refractivity contribution in [1.29, 1.82) is 0 Å². The molecule has 1 aliphatic heterocycles. The van der Waals surface area contributed by atoms with Crippen LogP contribution in [0.3, 0.4) is 0 Å². The van der Waals surface area contributed by atoms with Gasteiger partial charge in [-0.25, -0.2) is 4.39 Å². The summed E-state index contributed by atoms with van der Waals surface area (Å²) in [5, 5.41) is 9.23. The molecule has 0 spiro atoms. The normalized spacial score (nSPS) is 22.9. The number of phenols is 1. The number of rotatable bonds is 3. The largest absolute Gasteiger partial charge is 0.508 e. The molecule has 2 nitrogen and oxygen atoms in total. The van der Waals surface area contributed by atoms with Crippen LogP contribution in [0.5, 0.6) is 5.75 Å². The van der Waals surface area contributed by atoms with Crippen LogP contribution in [-0.2, 0) is 0 Å². The van der Waals surface area contributed by atoms with Crippen LogP contribution >= 0.6 is 0 Å². The summed E-state index contributed by atoms with van der Waals surface area (Å²) in [7, 11) is 0. The van der Waals surface area contributed by atoms with E-state index < -0.39 is 0 Å². The molecular weight excluding hydrogens is 217 g/mol. The minimum atomic E-state index is -0.306. The lowest BCUT2D eigenvalue weighted by atomic mass is 10.0. The van der Waals surface area contributed by atoms with Gasteiger partial charge in [-0.1, -0.05) is 13.0 Å². The monoisotopic (exact) mass is 237 g/mol. The molecule has 0 bridgehead atoms. The van der Waals surface area contributed by atoms with Gasteiger partial charge in [-0.2, -0.15) is 0 Å². The van der Waals surface area contributed by atoms with Crippen LogP contribution in [0.2, 0.25) is 0 Å². The van der Waals surface area contributed by atoms with Crippen molar-refractivity contribution in [1.82, 2.24) is 4.90 Å². The zero-order valence-electron chi connectivity index (χ0n) is 10.5. The number of likely N-dealkylation sites (tertiary alicyclic amines) is 1. The highest BCUT2D eigenvalue weighted by Crippen LogP contribution is 2.32. The third kappa shape index (κ3) is 2.44. The molecule has 0 radical (unpaired) electrons. The minimum absolute atomic E-state index is 0.00749. The van der Waals surface area contributed by atoms with E-state index in [-0.39, 0.29) is 17.6 Å². The van der Waals surface area contributed by atoms with Crippen LogP contribution in [0.4, 0.5) is 4.39 Å². The smallest absolute Gasteiger partial charge is 0.131 e. The van der Waals surface area contributed by atoms with Gasteiger partial charge < -0.3 is 5.11 Å². The summed E-state index contributed by atoms with van der Waals surface area (Å²) in [6, 6.07) is 5.11. The van der Waals surface area contributed by atoms with Crippen molar-refractivity contribution in [3.63, 3.8) is 0 Å². The first kappa shape index (κ1) is 12.4. The standard InChI is InChI=1S/C14H20FNO/c1-3-11-5-4-8-16(11)10(2)13-7-6-12(17)9-14(13)15/h6-7,9-11,17H,3-5,8H2,1-2H3. The fourth-order valence-electron chi connectivity index (χ4n) is 2.84. The maximum Gasteiger partial charge on any atom is 0.131 e. The van der Waals surface area contributed by atoms with Crippen molar-refractivity contribution in [2.75, 3.05) is 6.54 Å². The van der Waals surface area contributed by atoms with Crippen molar-refractivity contribution in [2.24, 2.45) is 0 Å². The second-order valence-electron chi connectivity index (χ2n) is 4.82. The first-order valence-corrected chi connectivity index (χ1v) is 6.37. The number of nitrogens with zero attached hydrogens (tertiary/aromatic N) is 1. The van der Waals surface area contributed by atoms with E-state index >= 15 is 0 Å². The van der Waals surface area contributed by atoms with Gasteiger partial charge in [0.2, 0.25) is 0 Å². The number of aromatic hydroxyl groups is 1. The van der Waals surface area contributed by atoms with Gasteiger partial charge in [0.05, 0.1) is 0 Å². The van der Waals surface area contributed by atoms with Gasteiger partial charge in [0.1, 0.15) is 11.6 Å². The van der Waals surface area contributed by atoms with Gasteiger partial charge in [0.15, 0.2) is 0 Å². The molecule has 0 aromatic heterocycles. The van der Waals surface area contributed by atoms with E-state index in [9.17, 15) is 9.50 Å². The zero-order valence-corrected chi connectivity index (χ0v) is 10.5. The van der Waals surface area contributed by atoms with Crippen molar-refractivity contribution >= 4 is 0 Å². The highest BCUT2D eigenvalue weighted by molar-refractivity contribution is 5.29. The van der Waals surface area contributed by atoms with Gasteiger partial charge in [0, 0.05) is 23.7 Å². The second-order valence-corrected chi connectivity index (χ2v) is 4.82. The first-order valence-electron chi connectivity index (χ1n) is 6.37. The predicted molar refractivity (Wildman–Crippen MR) is 66.5 cm³/mol. The number of hydrogen-bond acceptors (Lipinski definition) is 2. The van der Waals surface area contributed by atoms with Crippen LogP contribution in [-0.4, -0.2) is 22.6 Å². The highest BCUT2D eigenvalue weighted by atomic mass is 19.1. The Labute approximate surface area is 102 Å². The summed E-state index contributed by atoms with van der Waals surface area (Å²) >= 11 is 0. The molecule has 2 rings (SSSR count). The predicted octanol–water partition coefficient (Wildman–Crippen LogP) is 3.47. The Morgan fingerprint density at radius 2 is 2.29 bits per heavy atom. The van der Waals surface area contributed by atoms with Crippen LogP contribution in [0.1, 0.15) is 44.7 Å². The Hall–Kier alpha value is -1.09. The number of phenolic OH excluding ortho intramolecular Hbond substituents is 1. The lowest BCUT2D eigenvalue weighted by Crippen LogP contribution is -2.32. The topological polar surface area (TPSA) is 23.5 Å². The third-order valence-electron chi connectivity index (χ3n) is 3.83. The molecule has 3 heteroatoms.